The van der Waals surface area contributed by atoms with Gasteiger partial charge in [0.25, 0.3) is 0 Å². The Labute approximate surface area is 168 Å². The van der Waals surface area contributed by atoms with Gasteiger partial charge in [0.15, 0.2) is 23.9 Å². The van der Waals surface area contributed by atoms with E-state index in [1.54, 1.807) is 49.6 Å². The largest absolute Gasteiger partial charge is 0.493 e. The highest BCUT2D eigenvalue weighted by Gasteiger charge is 2.28. The lowest BCUT2D eigenvalue weighted by Gasteiger charge is -2.08. The molecular formula is C22H20O7. The van der Waals surface area contributed by atoms with E-state index in [4.69, 9.17) is 23.7 Å². The Balaban J connectivity index is 1.74. The SMILES string of the molecule is C=CCOC(=O)COc1ccc2c(c1)O/C(=C\c1ccc(OC)c(OC)c1)C2=O. The van der Waals surface area contributed by atoms with E-state index in [2.05, 4.69) is 6.58 Å². The van der Waals surface area contributed by atoms with Crippen LogP contribution >= 0.6 is 0 Å². The highest BCUT2D eigenvalue weighted by Crippen LogP contribution is 2.36. The molecule has 1 aliphatic heterocycles. The Bertz CT molecular complexity index is 975. The molecule has 0 aliphatic carbocycles. The monoisotopic (exact) mass is 396 g/mol. The van der Waals surface area contributed by atoms with Crippen molar-refractivity contribution >= 4 is 17.8 Å². The zero-order chi connectivity index (χ0) is 20.8. The molecule has 2 aromatic carbocycles. The van der Waals surface area contributed by atoms with Gasteiger partial charge < -0.3 is 23.7 Å². The number of benzene rings is 2. The maximum absolute atomic E-state index is 12.6. The summed E-state index contributed by atoms with van der Waals surface area (Å²) in [5.74, 6) is 1.30. The second kappa shape index (κ2) is 8.97. The standard InChI is InChI=1S/C22H20O7/c1-4-9-27-21(23)13-28-15-6-7-16-18(12-15)29-20(22(16)24)11-14-5-8-17(25-2)19(10-14)26-3/h4-8,10-12H,1,9,13H2,2-3H3/b20-11-. The van der Waals surface area contributed by atoms with Crippen LogP contribution in [0.5, 0.6) is 23.0 Å². The van der Waals surface area contributed by atoms with Crippen LogP contribution in [0.3, 0.4) is 0 Å². The summed E-state index contributed by atoms with van der Waals surface area (Å²) in [6.45, 7) is 3.33. The van der Waals surface area contributed by atoms with E-state index < -0.39 is 5.97 Å². The highest BCUT2D eigenvalue weighted by molar-refractivity contribution is 6.14. The topological polar surface area (TPSA) is 80.3 Å². The number of carbonyl (C=O) groups excluding carboxylic acids is 2. The van der Waals surface area contributed by atoms with E-state index in [-0.39, 0.29) is 24.8 Å². The predicted octanol–water partition coefficient (Wildman–Crippen LogP) is 3.43. The van der Waals surface area contributed by atoms with Gasteiger partial charge >= 0.3 is 5.97 Å². The van der Waals surface area contributed by atoms with Gasteiger partial charge in [0.1, 0.15) is 18.1 Å². The number of rotatable bonds is 8. The highest BCUT2D eigenvalue weighted by atomic mass is 16.6. The normalized spacial score (nSPS) is 13.4. The van der Waals surface area contributed by atoms with Crippen molar-refractivity contribution in [2.24, 2.45) is 0 Å². The van der Waals surface area contributed by atoms with Gasteiger partial charge in [-0.1, -0.05) is 18.7 Å². The Hall–Kier alpha value is -3.74. The molecule has 150 valence electrons. The van der Waals surface area contributed by atoms with Crippen LogP contribution in [-0.4, -0.2) is 39.2 Å². The molecule has 29 heavy (non-hydrogen) atoms. The van der Waals surface area contributed by atoms with E-state index in [0.29, 0.717) is 28.6 Å². The number of esters is 1. The van der Waals surface area contributed by atoms with Gasteiger partial charge in [-0.05, 0) is 35.9 Å². The van der Waals surface area contributed by atoms with Gasteiger partial charge in [-0.25, -0.2) is 4.79 Å². The van der Waals surface area contributed by atoms with Gasteiger partial charge in [-0.2, -0.15) is 0 Å². The number of hydrogen-bond donors (Lipinski definition) is 0. The van der Waals surface area contributed by atoms with E-state index in [0.717, 1.165) is 5.56 Å². The van der Waals surface area contributed by atoms with E-state index in [1.807, 2.05) is 0 Å². The third-order valence-corrected chi connectivity index (χ3v) is 4.07. The molecule has 0 aromatic heterocycles. The average Bonchev–Trinajstić information content (AvgIpc) is 3.05. The van der Waals surface area contributed by atoms with Crippen molar-refractivity contribution in [2.75, 3.05) is 27.4 Å². The fraction of sp³-hybridized carbons (Fsp3) is 0.182. The van der Waals surface area contributed by atoms with Crippen LogP contribution < -0.4 is 18.9 Å². The minimum absolute atomic E-state index is 0.119. The first-order valence-electron chi connectivity index (χ1n) is 8.75. The smallest absolute Gasteiger partial charge is 0.344 e. The number of Topliss-reactive ketones (excluding diaryl/α,β-unsaturated/α-hetero) is 1. The summed E-state index contributed by atoms with van der Waals surface area (Å²) < 4.78 is 26.4. The Kier molecular flexibility index (Phi) is 6.19. The second-order valence-electron chi connectivity index (χ2n) is 5.97. The molecule has 0 saturated heterocycles. The number of allylic oxidation sites excluding steroid dienone is 1. The molecule has 0 N–H and O–H groups in total. The first-order valence-corrected chi connectivity index (χ1v) is 8.75. The van der Waals surface area contributed by atoms with Gasteiger partial charge in [-0.15, -0.1) is 0 Å². The predicted molar refractivity (Wildman–Crippen MR) is 106 cm³/mol. The maximum Gasteiger partial charge on any atom is 0.344 e. The molecule has 0 atom stereocenters. The lowest BCUT2D eigenvalue weighted by molar-refractivity contribution is -0.144. The lowest BCUT2D eigenvalue weighted by Crippen LogP contribution is -2.14. The van der Waals surface area contributed by atoms with Crippen molar-refractivity contribution in [1.29, 1.82) is 0 Å². The second-order valence-corrected chi connectivity index (χ2v) is 5.97. The van der Waals surface area contributed by atoms with Gasteiger partial charge in [-0.3, -0.25) is 4.79 Å². The fourth-order valence-corrected chi connectivity index (χ4v) is 2.69. The molecule has 0 radical (unpaired) electrons. The number of fused-ring (bicyclic) bond motifs is 1. The Morgan fingerprint density at radius 2 is 1.90 bits per heavy atom. The van der Waals surface area contributed by atoms with E-state index >= 15 is 0 Å². The Morgan fingerprint density at radius 1 is 1.10 bits per heavy atom. The molecule has 0 saturated carbocycles. The molecule has 7 heteroatoms. The summed E-state index contributed by atoms with van der Waals surface area (Å²) in [5.41, 5.74) is 1.14. The first-order chi connectivity index (χ1) is 14.0. The minimum Gasteiger partial charge on any atom is -0.493 e. The van der Waals surface area contributed by atoms with Crippen molar-refractivity contribution in [2.45, 2.75) is 0 Å². The van der Waals surface area contributed by atoms with Gasteiger partial charge in [0, 0.05) is 6.07 Å². The van der Waals surface area contributed by atoms with Crippen LogP contribution in [-0.2, 0) is 9.53 Å². The van der Waals surface area contributed by atoms with Crippen LogP contribution in [0.4, 0.5) is 0 Å². The molecule has 0 fully saturated rings. The molecule has 2 aromatic rings. The summed E-state index contributed by atoms with van der Waals surface area (Å²) in [6, 6.07) is 10.0. The molecule has 0 amide bonds. The first kappa shape index (κ1) is 20.0. The minimum atomic E-state index is -0.517. The summed E-state index contributed by atoms with van der Waals surface area (Å²) in [7, 11) is 3.09. The third kappa shape index (κ3) is 4.57. The number of hydrogen-bond acceptors (Lipinski definition) is 7. The van der Waals surface area contributed by atoms with E-state index in [9.17, 15) is 9.59 Å². The van der Waals surface area contributed by atoms with Gasteiger partial charge in [0.05, 0.1) is 19.8 Å². The zero-order valence-electron chi connectivity index (χ0n) is 16.1. The molecule has 0 spiro atoms. The summed E-state index contributed by atoms with van der Waals surface area (Å²) in [4.78, 5) is 24.1. The number of methoxy groups -OCH3 is 2. The quantitative estimate of drug-likeness (QED) is 0.384. The maximum atomic E-state index is 12.6. The molecule has 0 bridgehead atoms. The zero-order valence-corrected chi connectivity index (χ0v) is 16.1. The molecule has 1 aliphatic rings. The Morgan fingerprint density at radius 3 is 2.62 bits per heavy atom. The number of ether oxygens (including phenoxy) is 5. The number of carbonyl (C=O) groups is 2. The molecule has 0 unspecified atom stereocenters. The van der Waals surface area contributed by atoms with Crippen molar-refractivity contribution in [3.63, 3.8) is 0 Å². The van der Waals surface area contributed by atoms with Crippen LogP contribution in [0.1, 0.15) is 15.9 Å². The van der Waals surface area contributed by atoms with Crippen LogP contribution in [0.15, 0.2) is 54.8 Å². The van der Waals surface area contributed by atoms with Crippen molar-refractivity contribution < 1.29 is 33.3 Å². The van der Waals surface area contributed by atoms with Crippen LogP contribution in [0.2, 0.25) is 0 Å². The van der Waals surface area contributed by atoms with Crippen LogP contribution in [0, 0.1) is 0 Å². The third-order valence-electron chi connectivity index (χ3n) is 4.07. The van der Waals surface area contributed by atoms with Crippen molar-refractivity contribution in [3.8, 4) is 23.0 Å². The fourth-order valence-electron chi connectivity index (χ4n) is 2.69. The summed E-state index contributed by atoms with van der Waals surface area (Å²) >= 11 is 0. The molecule has 3 rings (SSSR count). The molecular weight excluding hydrogens is 376 g/mol. The van der Waals surface area contributed by atoms with Crippen molar-refractivity contribution in [3.05, 3.63) is 65.9 Å². The van der Waals surface area contributed by atoms with Crippen molar-refractivity contribution in [1.82, 2.24) is 0 Å². The molecule has 1 heterocycles. The average molecular weight is 396 g/mol. The van der Waals surface area contributed by atoms with Crippen LogP contribution in [0.25, 0.3) is 6.08 Å². The summed E-state index contributed by atoms with van der Waals surface area (Å²) in [5, 5.41) is 0. The molecule has 7 nitrogen and oxygen atoms in total. The lowest BCUT2D eigenvalue weighted by atomic mass is 10.1. The van der Waals surface area contributed by atoms with E-state index in [1.165, 1.54) is 13.2 Å². The van der Waals surface area contributed by atoms with Gasteiger partial charge in [0.2, 0.25) is 5.78 Å². The number of ketones is 1. The summed E-state index contributed by atoms with van der Waals surface area (Å²) in [6.07, 6.45) is 3.09.